The topological polar surface area (TPSA) is 46.9 Å². The number of nitrogens with one attached hydrogen (secondary N) is 1. The van der Waals surface area contributed by atoms with Gasteiger partial charge in [-0.1, -0.05) is 0 Å². The molecule has 0 aliphatic rings. The first-order valence-electron chi connectivity index (χ1n) is 5.27. The van der Waals surface area contributed by atoms with Gasteiger partial charge in [0, 0.05) is 36.9 Å². The summed E-state index contributed by atoms with van der Waals surface area (Å²) in [7, 11) is 1.94. The highest BCUT2D eigenvalue weighted by atomic mass is 79.9. The average Bonchev–Trinajstić information content (AvgIpc) is 2.87. The fraction of sp³-hybridized carbons (Fsp3) is 0.273. The Hall–Kier alpha value is -0.660. The quantitative estimate of drug-likeness (QED) is 0.869. The van der Waals surface area contributed by atoms with E-state index in [2.05, 4.69) is 42.2 Å². The summed E-state index contributed by atoms with van der Waals surface area (Å²) < 4.78 is 3.78. The monoisotopic (exact) mass is 391 g/mol. The molecule has 2 heterocycles. The minimum absolute atomic E-state index is 0.0550. The van der Waals surface area contributed by atoms with Gasteiger partial charge >= 0.3 is 0 Å². The van der Waals surface area contributed by atoms with Crippen LogP contribution in [0.2, 0.25) is 0 Å². The van der Waals surface area contributed by atoms with E-state index in [1.54, 1.807) is 6.20 Å². The van der Waals surface area contributed by atoms with Crippen molar-refractivity contribution in [2.24, 2.45) is 7.05 Å². The van der Waals surface area contributed by atoms with Crippen LogP contribution in [0.5, 0.6) is 0 Å². The summed E-state index contributed by atoms with van der Waals surface area (Å²) in [6.45, 7) is 0.580. The molecule has 96 valence electrons. The van der Waals surface area contributed by atoms with Gasteiger partial charge in [-0.05, 0) is 37.9 Å². The minimum atomic E-state index is -0.0550. The summed E-state index contributed by atoms with van der Waals surface area (Å²) in [5.41, 5.74) is 0. The van der Waals surface area contributed by atoms with Crippen molar-refractivity contribution in [2.45, 2.75) is 6.42 Å². The number of aryl methyl sites for hydroxylation is 1. The first-order valence-corrected chi connectivity index (χ1v) is 7.67. The second-order valence-corrected chi connectivity index (χ2v) is 6.92. The molecule has 2 aromatic heterocycles. The maximum atomic E-state index is 11.9. The highest BCUT2D eigenvalue weighted by Crippen LogP contribution is 2.32. The Labute approximate surface area is 126 Å². The van der Waals surface area contributed by atoms with Gasteiger partial charge in [0.25, 0.3) is 5.91 Å². The molecule has 1 amide bonds. The van der Waals surface area contributed by atoms with E-state index in [9.17, 15) is 4.79 Å². The maximum absolute atomic E-state index is 11.9. The number of carbonyl (C=O) groups is 1. The number of nitrogens with zero attached hydrogens (tertiary/aromatic N) is 2. The summed E-state index contributed by atoms with van der Waals surface area (Å²) in [6, 6.07) is 1.81. The van der Waals surface area contributed by atoms with Crippen LogP contribution in [0.4, 0.5) is 0 Å². The molecular formula is C11H11Br2N3OS. The van der Waals surface area contributed by atoms with Crippen molar-refractivity contribution in [2.75, 3.05) is 6.54 Å². The molecule has 0 fully saturated rings. The molecule has 0 unspecified atom stereocenters. The molecule has 0 radical (unpaired) electrons. The van der Waals surface area contributed by atoms with Crippen molar-refractivity contribution >= 4 is 49.1 Å². The van der Waals surface area contributed by atoms with Crippen molar-refractivity contribution in [3.63, 3.8) is 0 Å². The number of hydrogen-bond acceptors (Lipinski definition) is 3. The lowest BCUT2D eigenvalue weighted by atomic mass is 10.3. The third-order valence-corrected chi connectivity index (χ3v) is 5.68. The molecule has 0 spiro atoms. The summed E-state index contributed by atoms with van der Waals surface area (Å²) in [4.78, 5) is 16.7. The normalized spacial score (nSPS) is 10.6. The maximum Gasteiger partial charge on any atom is 0.261 e. The second-order valence-electron chi connectivity index (χ2n) is 3.69. The predicted octanol–water partition coefficient (Wildman–Crippen LogP) is 2.98. The number of thiophene rings is 1. The number of aromatic nitrogens is 2. The zero-order valence-corrected chi connectivity index (χ0v) is 13.6. The highest BCUT2D eigenvalue weighted by Gasteiger charge is 2.11. The molecule has 0 saturated heterocycles. The van der Waals surface area contributed by atoms with Crippen LogP contribution < -0.4 is 5.32 Å². The van der Waals surface area contributed by atoms with E-state index in [1.807, 2.05) is 23.9 Å². The molecule has 0 atom stereocenters. The summed E-state index contributed by atoms with van der Waals surface area (Å²) in [5, 5.41) is 2.88. The Kier molecular flexibility index (Phi) is 4.58. The van der Waals surface area contributed by atoms with Crippen LogP contribution in [0.25, 0.3) is 0 Å². The van der Waals surface area contributed by atoms with Gasteiger partial charge in [-0.3, -0.25) is 4.79 Å². The third-order valence-electron chi connectivity index (χ3n) is 2.42. The number of imidazole rings is 1. The SMILES string of the molecule is Cn1ccnc1CCNC(=O)c1cc(Br)c(Br)s1. The lowest BCUT2D eigenvalue weighted by molar-refractivity contribution is 0.0958. The Bertz CT molecular complexity index is 545. The summed E-state index contributed by atoms with van der Waals surface area (Å²) in [5.74, 6) is 0.907. The Morgan fingerprint density at radius 1 is 1.56 bits per heavy atom. The molecular weight excluding hydrogens is 382 g/mol. The Morgan fingerprint density at radius 3 is 2.89 bits per heavy atom. The van der Waals surface area contributed by atoms with E-state index in [0.29, 0.717) is 11.4 Å². The first-order chi connectivity index (χ1) is 8.58. The number of hydrogen-bond donors (Lipinski definition) is 1. The predicted molar refractivity (Wildman–Crippen MR) is 79.0 cm³/mol. The fourth-order valence-corrected chi connectivity index (χ4v) is 3.42. The van der Waals surface area contributed by atoms with Crippen LogP contribution in [-0.2, 0) is 13.5 Å². The Morgan fingerprint density at radius 2 is 2.33 bits per heavy atom. The van der Waals surface area contributed by atoms with E-state index < -0.39 is 0 Å². The van der Waals surface area contributed by atoms with Crippen LogP contribution in [0.15, 0.2) is 26.7 Å². The van der Waals surface area contributed by atoms with Gasteiger partial charge in [0.05, 0.1) is 8.66 Å². The molecule has 1 N–H and O–H groups in total. The van der Waals surface area contributed by atoms with Gasteiger partial charge in [0.1, 0.15) is 5.82 Å². The lowest BCUT2D eigenvalue weighted by Gasteiger charge is -2.03. The van der Waals surface area contributed by atoms with Crippen molar-refractivity contribution in [3.8, 4) is 0 Å². The van der Waals surface area contributed by atoms with Crippen molar-refractivity contribution in [1.29, 1.82) is 0 Å². The third kappa shape index (κ3) is 3.21. The van der Waals surface area contributed by atoms with Gasteiger partial charge in [-0.2, -0.15) is 0 Å². The van der Waals surface area contributed by atoms with E-state index in [-0.39, 0.29) is 5.91 Å². The van der Waals surface area contributed by atoms with Crippen molar-refractivity contribution in [1.82, 2.24) is 14.9 Å². The van der Waals surface area contributed by atoms with Gasteiger partial charge in [0.15, 0.2) is 0 Å². The molecule has 4 nitrogen and oxygen atoms in total. The van der Waals surface area contributed by atoms with E-state index in [4.69, 9.17) is 0 Å². The molecule has 0 aliphatic heterocycles. The van der Waals surface area contributed by atoms with Crippen molar-refractivity contribution < 1.29 is 4.79 Å². The van der Waals surface area contributed by atoms with Gasteiger partial charge in [-0.25, -0.2) is 4.98 Å². The average molecular weight is 393 g/mol. The lowest BCUT2D eigenvalue weighted by Crippen LogP contribution is -2.25. The highest BCUT2D eigenvalue weighted by molar-refractivity contribution is 9.13. The molecule has 0 saturated carbocycles. The van der Waals surface area contributed by atoms with Crippen molar-refractivity contribution in [3.05, 3.63) is 37.4 Å². The number of carbonyl (C=O) groups excluding carboxylic acids is 1. The van der Waals surface area contributed by atoms with E-state index in [1.165, 1.54) is 11.3 Å². The smallest absolute Gasteiger partial charge is 0.261 e. The summed E-state index contributed by atoms with van der Waals surface area (Å²) in [6.07, 6.45) is 4.37. The van der Waals surface area contributed by atoms with Crippen LogP contribution in [0, 0.1) is 0 Å². The van der Waals surface area contributed by atoms with Crippen LogP contribution in [-0.4, -0.2) is 22.0 Å². The zero-order valence-electron chi connectivity index (χ0n) is 9.61. The standard InChI is InChI=1S/C11H11Br2N3OS/c1-16-5-4-14-9(16)2-3-15-11(17)8-6-7(12)10(13)18-8/h4-6H,2-3H2,1H3,(H,15,17). The van der Waals surface area contributed by atoms with Gasteiger partial charge in [-0.15, -0.1) is 11.3 Å². The Balaban J connectivity index is 1.87. The molecule has 18 heavy (non-hydrogen) atoms. The molecule has 0 aliphatic carbocycles. The van der Waals surface area contributed by atoms with Gasteiger partial charge in [0.2, 0.25) is 0 Å². The molecule has 0 bridgehead atoms. The number of rotatable bonds is 4. The molecule has 2 rings (SSSR count). The van der Waals surface area contributed by atoms with E-state index >= 15 is 0 Å². The first kappa shape index (κ1) is 13.8. The zero-order chi connectivity index (χ0) is 13.1. The molecule has 0 aromatic carbocycles. The van der Waals surface area contributed by atoms with Crippen LogP contribution in [0.1, 0.15) is 15.5 Å². The van der Waals surface area contributed by atoms with Crippen LogP contribution in [0.3, 0.4) is 0 Å². The molecule has 7 heteroatoms. The largest absolute Gasteiger partial charge is 0.351 e. The number of amides is 1. The fourth-order valence-electron chi connectivity index (χ4n) is 1.47. The van der Waals surface area contributed by atoms with Gasteiger partial charge < -0.3 is 9.88 Å². The second kappa shape index (κ2) is 5.99. The summed E-state index contributed by atoms with van der Waals surface area (Å²) >= 11 is 8.15. The number of halogens is 2. The minimum Gasteiger partial charge on any atom is -0.351 e. The molecule has 2 aromatic rings. The van der Waals surface area contributed by atoms with E-state index in [0.717, 1.165) is 20.5 Å². The van der Waals surface area contributed by atoms with Crippen LogP contribution >= 0.6 is 43.2 Å².